The van der Waals surface area contributed by atoms with E-state index in [2.05, 4.69) is 13.8 Å². The van der Waals surface area contributed by atoms with E-state index < -0.39 is 6.10 Å². The van der Waals surface area contributed by atoms with Crippen molar-refractivity contribution in [2.24, 2.45) is 11.7 Å². The smallest absolute Gasteiger partial charge is 0.128 e. The molecule has 18 heavy (non-hydrogen) atoms. The summed E-state index contributed by atoms with van der Waals surface area (Å²) in [5.41, 5.74) is 6.43. The van der Waals surface area contributed by atoms with Gasteiger partial charge in [0.25, 0.3) is 0 Å². The zero-order valence-corrected chi connectivity index (χ0v) is 11.0. The van der Waals surface area contributed by atoms with Gasteiger partial charge in [0.2, 0.25) is 0 Å². The third-order valence-electron chi connectivity index (χ3n) is 2.81. The minimum atomic E-state index is -0.452. The summed E-state index contributed by atoms with van der Waals surface area (Å²) < 4.78 is 18.9. The van der Waals surface area contributed by atoms with Crippen LogP contribution in [0.5, 0.6) is 0 Å². The van der Waals surface area contributed by atoms with Crippen molar-refractivity contribution < 1.29 is 14.2 Å². The van der Waals surface area contributed by atoms with Crippen molar-refractivity contribution in [2.75, 3.05) is 6.61 Å². The Balaban J connectivity index is 2.52. The van der Waals surface area contributed by atoms with Crippen LogP contribution < -0.4 is 5.73 Å². The molecule has 1 aromatic carbocycles. The lowest BCUT2D eigenvalue weighted by Gasteiger charge is -2.24. The first-order chi connectivity index (χ1) is 8.54. The zero-order chi connectivity index (χ0) is 13.5. The fraction of sp³-hybridized carbons (Fsp3) is 0.571. The van der Waals surface area contributed by atoms with E-state index in [1.54, 1.807) is 18.2 Å². The topological polar surface area (TPSA) is 55.5 Å². The van der Waals surface area contributed by atoms with Gasteiger partial charge in [0.1, 0.15) is 5.82 Å². The van der Waals surface area contributed by atoms with Gasteiger partial charge in [0.15, 0.2) is 0 Å². The molecule has 4 heteroatoms. The Morgan fingerprint density at radius 3 is 2.56 bits per heavy atom. The molecular weight excluding hydrogens is 233 g/mol. The van der Waals surface area contributed by atoms with Gasteiger partial charge in [-0.05, 0) is 18.4 Å². The van der Waals surface area contributed by atoms with Crippen molar-refractivity contribution in [1.29, 1.82) is 0 Å². The number of hydrogen-bond acceptors (Lipinski definition) is 3. The molecular formula is C14H22FNO2. The number of ether oxygens (including phenoxy) is 1. The van der Waals surface area contributed by atoms with Gasteiger partial charge in [0, 0.05) is 11.6 Å². The SMILES string of the molecule is CC(C)CC(N)C(CO)OCc1ccccc1F. The van der Waals surface area contributed by atoms with Gasteiger partial charge in [-0.2, -0.15) is 0 Å². The van der Waals surface area contributed by atoms with E-state index in [4.69, 9.17) is 10.5 Å². The molecule has 0 heterocycles. The van der Waals surface area contributed by atoms with Gasteiger partial charge >= 0.3 is 0 Å². The summed E-state index contributed by atoms with van der Waals surface area (Å²) in [6.45, 7) is 4.10. The molecule has 0 aliphatic heterocycles. The van der Waals surface area contributed by atoms with Crippen LogP contribution in [0.4, 0.5) is 4.39 Å². The second-order valence-corrected chi connectivity index (χ2v) is 4.92. The lowest BCUT2D eigenvalue weighted by atomic mass is 10.0. The molecule has 0 bridgehead atoms. The summed E-state index contributed by atoms with van der Waals surface area (Å²) in [6, 6.07) is 6.21. The summed E-state index contributed by atoms with van der Waals surface area (Å²) in [5.74, 6) is 0.137. The maximum atomic E-state index is 13.4. The Bertz CT molecular complexity index is 357. The van der Waals surface area contributed by atoms with E-state index in [0.29, 0.717) is 11.5 Å². The highest BCUT2D eigenvalue weighted by molar-refractivity contribution is 5.16. The molecule has 0 aliphatic rings. The number of benzene rings is 1. The fourth-order valence-corrected chi connectivity index (χ4v) is 1.82. The number of aliphatic hydroxyl groups is 1. The van der Waals surface area contributed by atoms with Gasteiger partial charge in [0.05, 0.1) is 19.3 Å². The van der Waals surface area contributed by atoms with Crippen LogP contribution in [0.15, 0.2) is 24.3 Å². The van der Waals surface area contributed by atoms with Gasteiger partial charge < -0.3 is 15.6 Å². The van der Waals surface area contributed by atoms with E-state index in [1.165, 1.54) is 6.07 Å². The Hall–Kier alpha value is -0.970. The lowest BCUT2D eigenvalue weighted by molar-refractivity contribution is -0.0167. The first kappa shape index (κ1) is 15.1. The summed E-state index contributed by atoms with van der Waals surface area (Å²) >= 11 is 0. The molecule has 0 fully saturated rings. The summed E-state index contributed by atoms with van der Waals surface area (Å²) in [4.78, 5) is 0. The van der Waals surface area contributed by atoms with Gasteiger partial charge in [-0.1, -0.05) is 32.0 Å². The van der Waals surface area contributed by atoms with E-state index in [9.17, 15) is 9.50 Å². The van der Waals surface area contributed by atoms with Gasteiger partial charge in [-0.3, -0.25) is 0 Å². The summed E-state index contributed by atoms with van der Waals surface area (Å²) in [5, 5.41) is 9.26. The van der Waals surface area contributed by atoms with E-state index in [1.807, 2.05) is 0 Å². The fourth-order valence-electron chi connectivity index (χ4n) is 1.82. The molecule has 0 amide bonds. The largest absolute Gasteiger partial charge is 0.394 e. The molecule has 0 radical (unpaired) electrons. The van der Waals surface area contributed by atoms with Crippen LogP contribution in [0, 0.1) is 11.7 Å². The van der Waals surface area contributed by atoms with Crippen LogP contribution >= 0.6 is 0 Å². The predicted octanol–water partition coefficient (Wildman–Crippen LogP) is 2.08. The number of aliphatic hydroxyl groups excluding tert-OH is 1. The van der Waals surface area contributed by atoms with Gasteiger partial charge in [-0.25, -0.2) is 4.39 Å². The molecule has 0 saturated carbocycles. The lowest BCUT2D eigenvalue weighted by Crippen LogP contribution is -2.40. The molecule has 3 N–H and O–H groups in total. The Morgan fingerprint density at radius 2 is 2.00 bits per heavy atom. The zero-order valence-electron chi connectivity index (χ0n) is 11.0. The third kappa shape index (κ3) is 4.72. The highest BCUT2D eigenvalue weighted by Crippen LogP contribution is 2.13. The molecule has 3 nitrogen and oxygen atoms in total. The van der Waals surface area contributed by atoms with E-state index >= 15 is 0 Å². The first-order valence-corrected chi connectivity index (χ1v) is 6.26. The molecule has 2 unspecified atom stereocenters. The number of hydrogen-bond donors (Lipinski definition) is 2. The molecule has 0 aromatic heterocycles. The van der Waals surface area contributed by atoms with Crippen LogP contribution in [0.2, 0.25) is 0 Å². The quantitative estimate of drug-likeness (QED) is 0.784. The summed E-state index contributed by atoms with van der Waals surface area (Å²) in [6.07, 6.45) is 0.315. The number of rotatable bonds is 7. The van der Waals surface area contributed by atoms with Crippen molar-refractivity contribution >= 4 is 0 Å². The molecule has 0 saturated heterocycles. The van der Waals surface area contributed by atoms with Gasteiger partial charge in [-0.15, -0.1) is 0 Å². The van der Waals surface area contributed by atoms with Crippen molar-refractivity contribution in [1.82, 2.24) is 0 Å². The van der Waals surface area contributed by atoms with Crippen LogP contribution in [-0.4, -0.2) is 23.9 Å². The average Bonchev–Trinajstić information content (AvgIpc) is 2.31. The second-order valence-electron chi connectivity index (χ2n) is 4.92. The van der Waals surface area contributed by atoms with Crippen molar-refractivity contribution in [3.8, 4) is 0 Å². The van der Waals surface area contributed by atoms with E-state index in [0.717, 1.165) is 6.42 Å². The number of nitrogens with two attached hydrogens (primary N) is 1. The van der Waals surface area contributed by atoms with Crippen LogP contribution in [0.1, 0.15) is 25.8 Å². The minimum Gasteiger partial charge on any atom is -0.394 e. The third-order valence-corrected chi connectivity index (χ3v) is 2.81. The standard InChI is InChI=1S/C14H22FNO2/c1-10(2)7-13(16)14(8-17)18-9-11-5-3-4-6-12(11)15/h3-6,10,13-14,17H,7-9,16H2,1-2H3. The first-order valence-electron chi connectivity index (χ1n) is 6.26. The highest BCUT2D eigenvalue weighted by atomic mass is 19.1. The maximum absolute atomic E-state index is 13.4. The monoisotopic (exact) mass is 255 g/mol. The van der Waals surface area contributed by atoms with Crippen LogP contribution in [0.25, 0.3) is 0 Å². The van der Waals surface area contributed by atoms with Crippen LogP contribution in [-0.2, 0) is 11.3 Å². The van der Waals surface area contributed by atoms with Crippen molar-refractivity contribution in [3.05, 3.63) is 35.6 Å². The average molecular weight is 255 g/mol. The second kappa shape index (κ2) is 7.46. The maximum Gasteiger partial charge on any atom is 0.128 e. The van der Waals surface area contributed by atoms with Crippen molar-refractivity contribution in [2.45, 2.75) is 39.0 Å². The molecule has 2 atom stereocenters. The van der Waals surface area contributed by atoms with Crippen LogP contribution in [0.3, 0.4) is 0 Å². The minimum absolute atomic E-state index is 0.129. The Labute approximate surface area is 108 Å². The summed E-state index contributed by atoms with van der Waals surface area (Å²) in [7, 11) is 0. The normalized spacial score (nSPS) is 14.8. The van der Waals surface area contributed by atoms with Crippen molar-refractivity contribution in [3.63, 3.8) is 0 Å². The molecule has 1 aromatic rings. The molecule has 0 aliphatic carbocycles. The Kier molecular flexibility index (Phi) is 6.25. The molecule has 102 valence electrons. The highest BCUT2D eigenvalue weighted by Gasteiger charge is 2.19. The Morgan fingerprint density at radius 1 is 1.33 bits per heavy atom. The molecule has 0 spiro atoms. The van der Waals surface area contributed by atoms with E-state index in [-0.39, 0.29) is 25.1 Å². The molecule has 1 rings (SSSR count). The predicted molar refractivity (Wildman–Crippen MR) is 69.5 cm³/mol. The number of halogens is 1.